The first kappa shape index (κ1) is 39.9. The van der Waals surface area contributed by atoms with Gasteiger partial charge in [0, 0.05) is 12.2 Å². The maximum absolute atomic E-state index is 11.6. The van der Waals surface area contributed by atoms with Crippen molar-refractivity contribution in [2.45, 2.75) is 141 Å². The molecule has 0 bridgehead atoms. The molecular formula is C32H53BrO6S2. The molecule has 0 saturated carbocycles. The summed E-state index contributed by atoms with van der Waals surface area (Å²) in [6, 6.07) is 0. The first-order valence-electron chi connectivity index (χ1n) is 15.1. The molecule has 2 aliphatic heterocycles. The van der Waals surface area contributed by atoms with Gasteiger partial charge in [0.05, 0.1) is 14.8 Å². The highest BCUT2D eigenvalue weighted by Crippen LogP contribution is 2.44. The Morgan fingerprint density at radius 3 is 1.59 bits per heavy atom. The molecule has 2 aliphatic rings. The fourth-order valence-electron chi connectivity index (χ4n) is 4.34. The highest BCUT2D eigenvalue weighted by Gasteiger charge is 2.39. The lowest BCUT2D eigenvalue weighted by molar-refractivity contribution is -0.120. The number of rotatable bonds is 18. The number of carbonyl (C=O) groups is 4. The number of alkyl halides is 1. The lowest BCUT2D eigenvalue weighted by Crippen LogP contribution is -2.23. The molecular weight excluding hydrogens is 624 g/mol. The van der Waals surface area contributed by atoms with Crippen LogP contribution in [0.3, 0.4) is 0 Å². The zero-order valence-corrected chi connectivity index (χ0v) is 29.4. The Kier molecular flexibility index (Phi) is 21.9. The molecule has 1 N–H and O–H groups in total. The summed E-state index contributed by atoms with van der Waals surface area (Å²) in [4.78, 5) is 43.6. The molecule has 0 saturated heterocycles. The van der Waals surface area contributed by atoms with Crippen molar-refractivity contribution in [3.8, 4) is 0 Å². The normalized spacial score (nSPS) is 21.3. The van der Waals surface area contributed by atoms with E-state index < -0.39 is 0 Å². The van der Waals surface area contributed by atoms with Gasteiger partial charge in [-0.15, -0.1) is 0 Å². The first-order chi connectivity index (χ1) is 19.3. The van der Waals surface area contributed by atoms with Gasteiger partial charge in [-0.25, -0.2) is 0 Å². The molecule has 9 heteroatoms. The fraction of sp³-hybridized carbons (Fsp3) is 0.750. The van der Waals surface area contributed by atoms with Crippen LogP contribution in [0, 0.1) is 0 Å². The van der Waals surface area contributed by atoms with Crippen LogP contribution < -0.4 is 0 Å². The maximum Gasteiger partial charge on any atom is 0.216 e. The van der Waals surface area contributed by atoms with Crippen molar-refractivity contribution in [1.29, 1.82) is 0 Å². The van der Waals surface area contributed by atoms with Crippen LogP contribution in [0.2, 0.25) is 0 Å². The number of aliphatic hydroxyl groups excluding tert-OH is 1. The second kappa shape index (κ2) is 22.5. The summed E-state index contributed by atoms with van der Waals surface area (Å²) >= 11 is 5.55. The Hall–Kier alpha value is -1.06. The molecule has 0 radical (unpaired) electrons. The van der Waals surface area contributed by atoms with Crippen LogP contribution in [0.1, 0.15) is 131 Å². The molecule has 0 aromatic heterocycles. The Morgan fingerprint density at radius 1 is 0.756 bits per heavy atom. The van der Waals surface area contributed by atoms with Crippen LogP contribution in [0.5, 0.6) is 0 Å². The molecule has 236 valence electrons. The lowest BCUT2D eigenvalue weighted by Gasteiger charge is -2.25. The average molecular weight is 678 g/mol. The van der Waals surface area contributed by atoms with Crippen molar-refractivity contribution < 1.29 is 29.0 Å². The second-order valence-electron chi connectivity index (χ2n) is 11.2. The third-order valence-corrected chi connectivity index (χ3v) is 10.00. The number of ketones is 2. The smallest absolute Gasteiger partial charge is 0.216 e. The van der Waals surface area contributed by atoms with Crippen LogP contribution in [0.25, 0.3) is 0 Å². The molecule has 0 fully saturated rings. The predicted octanol–water partition coefficient (Wildman–Crippen LogP) is 9.44. The third kappa shape index (κ3) is 18.3. The highest BCUT2D eigenvalue weighted by molar-refractivity contribution is 9.09. The Labute approximate surface area is 265 Å². The molecule has 0 spiro atoms. The number of Topliss-reactive ketones (excluding diaryl/α,β-unsaturated/α-hetero) is 2. The molecule has 0 amide bonds. The van der Waals surface area contributed by atoms with E-state index in [0.717, 1.165) is 25.7 Å². The summed E-state index contributed by atoms with van der Waals surface area (Å²) in [5.41, 5.74) is 0. The minimum atomic E-state index is -0.345. The van der Waals surface area contributed by atoms with Gasteiger partial charge in [0.15, 0.2) is 5.78 Å². The van der Waals surface area contributed by atoms with Crippen molar-refractivity contribution in [2.75, 3.05) is 11.9 Å². The van der Waals surface area contributed by atoms with Crippen LogP contribution in [-0.4, -0.2) is 48.3 Å². The SMILES string of the molecule is CC(=O)CBr.CCCCCCCCC1(C)SC(=O)C=C1O.CCCCCCCCC1(C)SC(=O)C=C1OCC(C)=O. The largest absolute Gasteiger partial charge is 0.511 e. The van der Waals surface area contributed by atoms with E-state index in [1.807, 2.05) is 13.8 Å². The van der Waals surface area contributed by atoms with Crippen LogP contribution in [0.4, 0.5) is 0 Å². The van der Waals surface area contributed by atoms with Crippen molar-refractivity contribution in [2.24, 2.45) is 0 Å². The van der Waals surface area contributed by atoms with Gasteiger partial charge in [-0.1, -0.05) is 130 Å². The average Bonchev–Trinajstić information content (AvgIpc) is 3.34. The quantitative estimate of drug-likeness (QED) is 0.113. The van der Waals surface area contributed by atoms with Crippen LogP contribution >= 0.6 is 39.5 Å². The number of carbonyl (C=O) groups excluding carboxylic acids is 4. The van der Waals surface area contributed by atoms with E-state index in [-0.39, 0.29) is 43.7 Å². The number of aliphatic hydroxyl groups is 1. The van der Waals surface area contributed by atoms with E-state index in [0.29, 0.717) is 11.1 Å². The number of hydrogen-bond acceptors (Lipinski definition) is 8. The molecule has 2 atom stereocenters. The predicted molar refractivity (Wildman–Crippen MR) is 178 cm³/mol. The Bertz CT molecular complexity index is 887. The Balaban J connectivity index is 0.000000681. The van der Waals surface area contributed by atoms with E-state index in [4.69, 9.17) is 4.74 Å². The molecule has 41 heavy (non-hydrogen) atoms. The van der Waals surface area contributed by atoms with Gasteiger partial charge in [-0.3, -0.25) is 19.2 Å². The van der Waals surface area contributed by atoms with E-state index in [9.17, 15) is 24.3 Å². The van der Waals surface area contributed by atoms with Gasteiger partial charge >= 0.3 is 0 Å². The monoisotopic (exact) mass is 676 g/mol. The van der Waals surface area contributed by atoms with E-state index in [1.165, 1.54) is 108 Å². The van der Waals surface area contributed by atoms with Crippen molar-refractivity contribution in [3.05, 3.63) is 23.7 Å². The zero-order chi connectivity index (χ0) is 31.3. The Morgan fingerprint density at radius 2 is 1.17 bits per heavy atom. The minimum Gasteiger partial charge on any atom is -0.511 e. The third-order valence-electron chi connectivity index (χ3n) is 6.85. The number of hydrogen-bond donors (Lipinski definition) is 1. The topological polar surface area (TPSA) is 97.7 Å². The van der Waals surface area contributed by atoms with Gasteiger partial charge in [0.1, 0.15) is 23.9 Å². The van der Waals surface area contributed by atoms with Gasteiger partial charge in [0.25, 0.3) is 0 Å². The standard InChI is InChI=1S/C16H26O3S.C13H22O2S.C3H5BrO/c1-4-5-6-7-8-9-10-16(3)14(11-15(18)20-16)19-12-13(2)17;1-3-4-5-6-7-8-9-13(2)11(14)10-12(15)16-13;1-3(5)2-4/h11H,4-10,12H2,1-3H3;10,14H,3-9H2,1-2H3;2H2,1H3. The van der Waals surface area contributed by atoms with Gasteiger partial charge < -0.3 is 9.84 Å². The summed E-state index contributed by atoms with van der Waals surface area (Å²) in [6.07, 6.45) is 19.6. The van der Waals surface area contributed by atoms with Crippen molar-refractivity contribution in [1.82, 2.24) is 0 Å². The first-order valence-corrected chi connectivity index (χ1v) is 17.9. The number of halogens is 1. The summed E-state index contributed by atoms with van der Waals surface area (Å²) < 4.78 is 4.89. The van der Waals surface area contributed by atoms with Crippen LogP contribution in [0.15, 0.2) is 23.7 Å². The molecule has 6 nitrogen and oxygen atoms in total. The number of unbranched alkanes of at least 4 members (excludes halogenated alkanes) is 10. The lowest BCUT2D eigenvalue weighted by atomic mass is 9.99. The van der Waals surface area contributed by atoms with Gasteiger partial charge in [-0.2, -0.15) is 0 Å². The fourth-order valence-corrected chi connectivity index (χ4v) is 6.44. The van der Waals surface area contributed by atoms with E-state index in [1.54, 1.807) is 6.08 Å². The molecule has 0 aliphatic carbocycles. The summed E-state index contributed by atoms with van der Waals surface area (Å²) in [6.45, 7) is 11.5. The van der Waals surface area contributed by atoms with Gasteiger partial charge in [0.2, 0.25) is 10.2 Å². The summed E-state index contributed by atoms with van der Waals surface area (Å²) in [5.74, 6) is 1.09. The molecule has 2 unspecified atom stereocenters. The molecule has 2 rings (SSSR count). The summed E-state index contributed by atoms with van der Waals surface area (Å²) in [7, 11) is 0. The highest BCUT2D eigenvalue weighted by atomic mass is 79.9. The number of ether oxygens (including phenoxy) is 1. The zero-order valence-electron chi connectivity index (χ0n) is 26.2. The minimum absolute atomic E-state index is 0.00835. The second-order valence-corrected chi connectivity index (χ2v) is 14.8. The van der Waals surface area contributed by atoms with Gasteiger partial charge in [-0.05, 0) is 40.5 Å². The van der Waals surface area contributed by atoms with E-state index in [2.05, 4.69) is 29.8 Å². The van der Waals surface area contributed by atoms with E-state index >= 15 is 0 Å². The number of thioether (sulfide) groups is 2. The summed E-state index contributed by atoms with van der Waals surface area (Å²) in [5, 5.41) is 10.2. The van der Waals surface area contributed by atoms with Crippen LogP contribution in [-0.2, 0) is 23.9 Å². The molecule has 2 heterocycles. The van der Waals surface area contributed by atoms with Crippen molar-refractivity contribution in [3.63, 3.8) is 0 Å². The molecule has 0 aromatic rings. The molecule has 0 aromatic carbocycles. The van der Waals surface area contributed by atoms with Crippen molar-refractivity contribution >= 4 is 61.3 Å². The maximum atomic E-state index is 11.6.